The second kappa shape index (κ2) is 6.40. The van der Waals surface area contributed by atoms with E-state index in [1.165, 1.54) is 6.42 Å². The van der Waals surface area contributed by atoms with Gasteiger partial charge in [-0.05, 0) is 30.7 Å². The summed E-state index contributed by atoms with van der Waals surface area (Å²) in [5.41, 5.74) is 1.41. The van der Waals surface area contributed by atoms with Crippen molar-refractivity contribution < 1.29 is 9.90 Å². The highest BCUT2D eigenvalue weighted by atomic mass is 16.4. The van der Waals surface area contributed by atoms with Gasteiger partial charge < -0.3 is 10.0 Å². The van der Waals surface area contributed by atoms with Crippen LogP contribution in [0, 0.1) is 5.92 Å². The van der Waals surface area contributed by atoms with Crippen LogP contribution in [0.2, 0.25) is 0 Å². The normalized spacial score (nSPS) is 12.7. The first-order chi connectivity index (χ1) is 8.02. The Balaban J connectivity index is 2.62. The Morgan fingerprint density at radius 1 is 1.47 bits per heavy atom. The van der Waals surface area contributed by atoms with Gasteiger partial charge >= 0.3 is 5.97 Å². The second-order valence-corrected chi connectivity index (χ2v) is 4.72. The number of carboxylic acid groups (broad SMARTS) is 1. The fourth-order valence-electron chi connectivity index (χ4n) is 1.84. The lowest BCUT2D eigenvalue weighted by Crippen LogP contribution is -2.23. The molecule has 0 radical (unpaired) electrons. The molecule has 0 heterocycles. The molecule has 1 aromatic rings. The molecule has 0 aliphatic rings. The summed E-state index contributed by atoms with van der Waals surface area (Å²) in [7, 11) is 2.07. The first-order valence-electron chi connectivity index (χ1n) is 6.03. The predicted molar refractivity (Wildman–Crippen MR) is 69.2 cm³/mol. The van der Waals surface area contributed by atoms with Crippen LogP contribution in [0.4, 0.5) is 0 Å². The Labute approximate surface area is 103 Å². The number of nitrogens with zero attached hydrogens (tertiary/aromatic N) is 1. The molecule has 1 rings (SSSR count). The quantitative estimate of drug-likeness (QED) is 0.824. The number of benzene rings is 1. The van der Waals surface area contributed by atoms with Gasteiger partial charge in [-0.1, -0.05) is 32.4 Å². The Morgan fingerprint density at radius 3 is 2.76 bits per heavy atom. The Morgan fingerprint density at radius 2 is 2.18 bits per heavy atom. The molecule has 1 unspecified atom stereocenters. The molecule has 0 aliphatic carbocycles. The van der Waals surface area contributed by atoms with Crippen molar-refractivity contribution in [3.8, 4) is 0 Å². The van der Waals surface area contributed by atoms with Crippen molar-refractivity contribution in [3.05, 3.63) is 35.4 Å². The summed E-state index contributed by atoms with van der Waals surface area (Å²) in [6.07, 6.45) is 1.17. The molecule has 0 saturated heterocycles. The van der Waals surface area contributed by atoms with Gasteiger partial charge in [0.05, 0.1) is 5.56 Å². The van der Waals surface area contributed by atoms with Crippen molar-refractivity contribution >= 4 is 5.97 Å². The number of rotatable bonds is 6. The van der Waals surface area contributed by atoms with Crippen LogP contribution in [0.25, 0.3) is 0 Å². The van der Waals surface area contributed by atoms with Crippen LogP contribution in [0.1, 0.15) is 36.2 Å². The second-order valence-electron chi connectivity index (χ2n) is 4.72. The van der Waals surface area contributed by atoms with Crippen molar-refractivity contribution in [1.29, 1.82) is 0 Å². The molecular weight excluding hydrogens is 214 g/mol. The van der Waals surface area contributed by atoms with E-state index in [9.17, 15) is 4.79 Å². The molecule has 0 fully saturated rings. The maximum absolute atomic E-state index is 10.8. The van der Waals surface area contributed by atoms with Crippen LogP contribution in [-0.4, -0.2) is 29.6 Å². The smallest absolute Gasteiger partial charge is 0.335 e. The molecule has 0 aliphatic heterocycles. The van der Waals surface area contributed by atoms with Gasteiger partial charge in [-0.25, -0.2) is 4.79 Å². The highest BCUT2D eigenvalue weighted by Gasteiger charge is 2.07. The van der Waals surface area contributed by atoms with Gasteiger partial charge in [0.25, 0.3) is 0 Å². The van der Waals surface area contributed by atoms with E-state index in [0.29, 0.717) is 11.5 Å². The maximum atomic E-state index is 10.8. The average molecular weight is 235 g/mol. The highest BCUT2D eigenvalue weighted by Crippen LogP contribution is 2.10. The number of hydrogen-bond acceptors (Lipinski definition) is 2. The van der Waals surface area contributed by atoms with Crippen LogP contribution >= 0.6 is 0 Å². The van der Waals surface area contributed by atoms with E-state index in [4.69, 9.17) is 5.11 Å². The van der Waals surface area contributed by atoms with Crippen LogP contribution in [0.15, 0.2) is 24.3 Å². The molecule has 0 spiro atoms. The van der Waals surface area contributed by atoms with Gasteiger partial charge in [-0.15, -0.1) is 0 Å². The van der Waals surface area contributed by atoms with Gasteiger partial charge in [0.2, 0.25) is 0 Å². The van der Waals surface area contributed by atoms with E-state index in [-0.39, 0.29) is 0 Å². The van der Waals surface area contributed by atoms with E-state index in [0.717, 1.165) is 18.7 Å². The number of aromatic carboxylic acids is 1. The van der Waals surface area contributed by atoms with Crippen LogP contribution in [0.3, 0.4) is 0 Å². The first kappa shape index (κ1) is 13.7. The molecule has 1 atom stereocenters. The molecule has 1 aromatic carbocycles. The van der Waals surface area contributed by atoms with Crippen molar-refractivity contribution in [2.45, 2.75) is 26.8 Å². The minimum absolute atomic E-state index is 0.361. The minimum Gasteiger partial charge on any atom is -0.478 e. The lowest BCUT2D eigenvalue weighted by Gasteiger charge is -2.20. The van der Waals surface area contributed by atoms with Crippen LogP contribution < -0.4 is 0 Å². The van der Waals surface area contributed by atoms with E-state index >= 15 is 0 Å². The Kier molecular flexibility index (Phi) is 5.16. The average Bonchev–Trinajstić information content (AvgIpc) is 2.28. The van der Waals surface area contributed by atoms with Gasteiger partial charge in [0.15, 0.2) is 0 Å². The molecule has 17 heavy (non-hydrogen) atoms. The van der Waals surface area contributed by atoms with Gasteiger partial charge in [-0.3, -0.25) is 0 Å². The molecule has 0 saturated carbocycles. The molecule has 3 heteroatoms. The molecule has 0 amide bonds. The summed E-state index contributed by atoms with van der Waals surface area (Å²) in [5.74, 6) is -0.195. The van der Waals surface area contributed by atoms with Gasteiger partial charge in [0.1, 0.15) is 0 Å². The SMILES string of the molecule is CCC(C)CN(C)Cc1cccc(C(=O)O)c1. The summed E-state index contributed by atoms with van der Waals surface area (Å²) in [6.45, 7) is 6.24. The third-order valence-electron chi connectivity index (χ3n) is 2.95. The summed E-state index contributed by atoms with van der Waals surface area (Å²) < 4.78 is 0. The number of carboxylic acids is 1. The third-order valence-corrected chi connectivity index (χ3v) is 2.95. The fraction of sp³-hybridized carbons (Fsp3) is 0.500. The van der Waals surface area contributed by atoms with Crippen molar-refractivity contribution in [1.82, 2.24) is 4.90 Å². The molecule has 0 bridgehead atoms. The monoisotopic (exact) mass is 235 g/mol. The van der Waals surface area contributed by atoms with Crippen molar-refractivity contribution in [3.63, 3.8) is 0 Å². The van der Waals surface area contributed by atoms with E-state index in [1.807, 2.05) is 6.07 Å². The first-order valence-corrected chi connectivity index (χ1v) is 6.03. The Bertz CT molecular complexity index is 376. The maximum Gasteiger partial charge on any atom is 0.335 e. The Hall–Kier alpha value is -1.35. The zero-order valence-electron chi connectivity index (χ0n) is 10.8. The fourth-order valence-corrected chi connectivity index (χ4v) is 1.84. The minimum atomic E-state index is -0.864. The number of carbonyl (C=O) groups is 1. The lowest BCUT2D eigenvalue weighted by molar-refractivity contribution is 0.0696. The van der Waals surface area contributed by atoms with E-state index < -0.39 is 5.97 Å². The van der Waals surface area contributed by atoms with Crippen LogP contribution in [-0.2, 0) is 6.54 Å². The molecule has 1 N–H and O–H groups in total. The molecule has 3 nitrogen and oxygen atoms in total. The highest BCUT2D eigenvalue weighted by molar-refractivity contribution is 5.87. The predicted octanol–water partition coefficient (Wildman–Crippen LogP) is 2.86. The van der Waals surface area contributed by atoms with E-state index in [2.05, 4.69) is 25.8 Å². The van der Waals surface area contributed by atoms with Crippen LogP contribution in [0.5, 0.6) is 0 Å². The topological polar surface area (TPSA) is 40.5 Å². The summed E-state index contributed by atoms with van der Waals surface area (Å²) in [4.78, 5) is 13.1. The molecule has 94 valence electrons. The summed E-state index contributed by atoms with van der Waals surface area (Å²) in [6, 6.07) is 7.14. The zero-order valence-corrected chi connectivity index (χ0v) is 10.8. The molecular formula is C14H21NO2. The molecule has 0 aromatic heterocycles. The summed E-state index contributed by atoms with van der Waals surface area (Å²) in [5, 5.41) is 8.91. The van der Waals surface area contributed by atoms with Crippen molar-refractivity contribution in [2.75, 3.05) is 13.6 Å². The number of hydrogen-bond donors (Lipinski definition) is 1. The van der Waals surface area contributed by atoms with E-state index in [1.54, 1.807) is 18.2 Å². The standard InChI is InChI=1S/C14H21NO2/c1-4-11(2)9-15(3)10-12-6-5-7-13(8-12)14(16)17/h5-8,11H,4,9-10H2,1-3H3,(H,16,17). The third kappa shape index (κ3) is 4.57. The largest absolute Gasteiger partial charge is 0.478 e. The van der Waals surface area contributed by atoms with Crippen molar-refractivity contribution in [2.24, 2.45) is 5.92 Å². The van der Waals surface area contributed by atoms with Gasteiger partial charge in [-0.2, -0.15) is 0 Å². The summed E-state index contributed by atoms with van der Waals surface area (Å²) >= 11 is 0. The van der Waals surface area contributed by atoms with Gasteiger partial charge in [0, 0.05) is 13.1 Å². The lowest BCUT2D eigenvalue weighted by atomic mass is 10.1. The zero-order chi connectivity index (χ0) is 12.8.